The van der Waals surface area contributed by atoms with Crippen LogP contribution in [0.2, 0.25) is 0 Å². The van der Waals surface area contributed by atoms with Gasteiger partial charge in [0.05, 0.1) is 6.61 Å². The number of nitrogens with one attached hydrogen (secondary N) is 1. The summed E-state index contributed by atoms with van der Waals surface area (Å²) in [5.74, 6) is 0.956. The van der Waals surface area contributed by atoms with Crippen LogP contribution in [0.3, 0.4) is 0 Å². The van der Waals surface area contributed by atoms with Crippen LogP contribution in [0.4, 0.5) is 5.95 Å². The average Bonchev–Trinajstić information content (AvgIpc) is 2.40. The number of ether oxygens (including phenoxy) is 1. The molecule has 0 aliphatic carbocycles. The number of pyridine rings is 1. The zero-order valence-electron chi connectivity index (χ0n) is 9.71. The van der Waals surface area contributed by atoms with Crippen molar-refractivity contribution >= 4 is 5.95 Å². The first kappa shape index (κ1) is 11.3. The molecule has 0 fully saturated rings. The van der Waals surface area contributed by atoms with Crippen molar-refractivity contribution in [1.29, 1.82) is 0 Å². The van der Waals surface area contributed by atoms with E-state index < -0.39 is 0 Å². The van der Waals surface area contributed by atoms with E-state index in [1.54, 1.807) is 13.2 Å². The highest BCUT2D eigenvalue weighted by atomic mass is 16.5. The molecule has 0 radical (unpaired) electrons. The summed E-state index contributed by atoms with van der Waals surface area (Å²) in [4.78, 5) is 16.7. The minimum atomic E-state index is 0.299. The lowest BCUT2D eigenvalue weighted by Gasteiger charge is -2.05. The van der Waals surface area contributed by atoms with Crippen LogP contribution in [0, 0.1) is 0 Å². The SMILES string of the molecule is CCOc1nc(NC)nc(-c2ccccn2)n1. The van der Waals surface area contributed by atoms with E-state index in [1.807, 2.05) is 25.1 Å². The highest BCUT2D eigenvalue weighted by molar-refractivity contribution is 5.50. The van der Waals surface area contributed by atoms with E-state index >= 15 is 0 Å². The quantitative estimate of drug-likeness (QED) is 0.856. The van der Waals surface area contributed by atoms with Crippen molar-refractivity contribution in [1.82, 2.24) is 19.9 Å². The topological polar surface area (TPSA) is 72.8 Å². The summed E-state index contributed by atoms with van der Waals surface area (Å²) in [7, 11) is 1.74. The summed E-state index contributed by atoms with van der Waals surface area (Å²) in [5.41, 5.74) is 0.687. The molecule has 2 aromatic heterocycles. The standard InChI is InChI=1S/C11H13N5O/c1-3-17-11-15-9(14-10(12-2)16-11)8-6-4-5-7-13-8/h4-7H,3H2,1-2H3,(H,12,14,15,16). The number of hydrogen-bond acceptors (Lipinski definition) is 6. The Bertz CT molecular complexity index is 488. The molecule has 0 aliphatic rings. The van der Waals surface area contributed by atoms with Crippen LogP contribution in [0.15, 0.2) is 24.4 Å². The maximum absolute atomic E-state index is 5.28. The molecule has 2 rings (SSSR count). The third-order valence-electron chi connectivity index (χ3n) is 2.01. The summed E-state index contributed by atoms with van der Waals surface area (Å²) in [6.45, 7) is 2.39. The van der Waals surface area contributed by atoms with Gasteiger partial charge < -0.3 is 10.1 Å². The van der Waals surface area contributed by atoms with Gasteiger partial charge in [-0.1, -0.05) is 6.07 Å². The van der Waals surface area contributed by atoms with E-state index in [2.05, 4.69) is 25.3 Å². The zero-order chi connectivity index (χ0) is 12.1. The van der Waals surface area contributed by atoms with Crippen molar-refractivity contribution in [2.24, 2.45) is 0 Å². The molecule has 0 atom stereocenters. The van der Waals surface area contributed by atoms with Gasteiger partial charge in [-0.15, -0.1) is 0 Å². The van der Waals surface area contributed by atoms with Gasteiger partial charge in [0.25, 0.3) is 0 Å². The van der Waals surface area contributed by atoms with Crippen molar-refractivity contribution in [3.05, 3.63) is 24.4 Å². The Kier molecular flexibility index (Phi) is 3.44. The van der Waals surface area contributed by atoms with Gasteiger partial charge in [0, 0.05) is 13.2 Å². The van der Waals surface area contributed by atoms with Gasteiger partial charge in [0.15, 0.2) is 5.82 Å². The fraction of sp³-hybridized carbons (Fsp3) is 0.273. The molecule has 0 amide bonds. The summed E-state index contributed by atoms with van der Waals surface area (Å²) < 4.78 is 5.28. The highest BCUT2D eigenvalue weighted by Gasteiger charge is 2.08. The summed E-state index contributed by atoms with van der Waals surface area (Å²) in [5, 5.41) is 2.87. The molecule has 2 heterocycles. The molecule has 0 saturated carbocycles. The van der Waals surface area contributed by atoms with Crippen molar-refractivity contribution < 1.29 is 4.74 Å². The maximum Gasteiger partial charge on any atom is 0.321 e. The van der Waals surface area contributed by atoms with Crippen LogP contribution in [-0.4, -0.2) is 33.6 Å². The lowest BCUT2D eigenvalue weighted by Crippen LogP contribution is -2.05. The van der Waals surface area contributed by atoms with Crippen LogP contribution in [-0.2, 0) is 0 Å². The first-order chi connectivity index (χ1) is 8.33. The number of hydrogen-bond donors (Lipinski definition) is 1. The molecule has 88 valence electrons. The van der Waals surface area contributed by atoms with Crippen molar-refractivity contribution in [3.8, 4) is 17.5 Å². The van der Waals surface area contributed by atoms with Gasteiger partial charge in [-0.2, -0.15) is 15.0 Å². The molecule has 17 heavy (non-hydrogen) atoms. The third-order valence-corrected chi connectivity index (χ3v) is 2.01. The van der Waals surface area contributed by atoms with E-state index in [9.17, 15) is 0 Å². The Balaban J connectivity index is 2.43. The smallest absolute Gasteiger partial charge is 0.321 e. The first-order valence-corrected chi connectivity index (χ1v) is 5.31. The maximum atomic E-state index is 5.28. The van der Waals surface area contributed by atoms with Crippen LogP contribution >= 0.6 is 0 Å². The molecule has 0 aromatic carbocycles. The van der Waals surface area contributed by atoms with Crippen LogP contribution in [0.5, 0.6) is 6.01 Å². The van der Waals surface area contributed by atoms with Gasteiger partial charge in [0.1, 0.15) is 5.69 Å². The summed E-state index contributed by atoms with van der Waals surface area (Å²) in [6, 6.07) is 5.86. The lowest BCUT2D eigenvalue weighted by atomic mass is 10.3. The average molecular weight is 231 g/mol. The van der Waals surface area contributed by atoms with E-state index in [0.29, 0.717) is 30.1 Å². The van der Waals surface area contributed by atoms with Crippen molar-refractivity contribution in [2.75, 3.05) is 19.0 Å². The second-order valence-corrected chi connectivity index (χ2v) is 3.16. The number of nitrogens with zero attached hydrogens (tertiary/aromatic N) is 4. The molecule has 2 aromatic rings. The Morgan fingerprint density at radius 1 is 1.24 bits per heavy atom. The van der Waals surface area contributed by atoms with Gasteiger partial charge in [-0.25, -0.2) is 0 Å². The van der Waals surface area contributed by atoms with E-state index in [-0.39, 0.29) is 0 Å². The Labute approximate surface area is 99.1 Å². The highest BCUT2D eigenvalue weighted by Crippen LogP contribution is 2.15. The fourth-order valence-corrected chi connectivity index (χ4v) is 1.27. The number of aromatic nitrogens is 4. The predicted molar refractivity (Wildman–Crippen MR) is 63.8 cm³/mol. The third kappa shape index (κ3) is 2.66. The van der Waals surface area contributed by atoms with Crippen LogP contribution < -0.4 is 10.1 Å². The van der Waals surface area contributed by atoms with Gasteiger partial charge in [0.2, 0.25) is 5.95 Å². The van der Waals surface area contributed by atoms with E-state index in [4.69, 9.17) is 4.74 Å². The van der Waals surface area contributed by atoms with E-state index in [1.165, 1.54) is 0 Å². The molecular formula is C11H13N5O. The Morgan fingerprint density at radius 3 is 2.76 bits per heavy atom. The fourth-order valence-electron chi connectivity index (χ4n) is 1.27. The molecule has 0 bridgehead atoms. The molecule has 0 spiro atoms. The van der Waals surface area contributed by atoms with Gasteiger partial charge in [-0.3, -0.25) is 4.98 Å². The molecule has 6 nitrogen and oxygen atoms in total. The summed E-state index contributed by atoms with van der Waals surface area (Å²) in [6.07, 6.45) is 1.69. The number of anilines is 1. The Hall–Kier alpha value is -2.24. The second kappa shape index (κ2) is 5.20. The molecule has 0 aliphatic heterocycles. The first-order valence-electron chi connectivity index (χ1n) is 5.31. The number of rotatable bonds is 4. The largest absolute Gasteiger partial charge is 0.464 e. The van der Waals surface area contributed by atoms with Gasteiger partial charge >= 0.3 is 6.01 Å². The lowest BCUT2D eigenvalue weighted by molar-refractivity contribution is 0.312. The van der Waals surface area contributed by atoms with Crippen molar-refractivity contribution in [3.63, 3.8) is 0 Å². The van der Waals surface area contributed by atoms with E-state index in [0.717, 1.165) is 0 Å². The summed E-state index contributed by atoms with van der Waals surface area (Å²) >= 11 is 0. The predicted octanol–water partition coefficient (Wildman–Crippen LogP) is 1.37. The molecule has 0 unspecified atom stereocenters. The molecular weight excluding hydrogens is 218 g/mol. The van der Waals surface area contributed by atoms with Gasteiger partial charge in [-0.05, 0) is 19.1 Å². The molecule has 1 N–H and O–H groups in total. The second-order valence-electron chi connectivity index (χ2n) is 3.16. The normalized spacial score (nSPS) is 10.0. The van der Waals surface area contributed by atoms with Crippen LogP contribution in [0.25, 0.3) is 11.5 Å². The molecule has 0 saturated heterocycles. The minimum Gasteiger partial charge on any atom is -0.464 e. The monoisotopic (exact) mass is 231 g/mol. The zero-order valence-corrected chi connectivity index (χ0v) is 9.71. The minimum absolute atomic E-state index is 0.299. The Morgan fingerprint density at radius 2 is 2.12 bits per heavy atom. The van der Waals surface area contributed by atoms with Crippen LogP contribution in [0.1, 0.15) is 6.92 Å². The van der Waals surface area contributed by atoms with Crippen molar-refractivity contribution in [2.45, 2.75) is 6.92 Å². The molecule has 6 heteroatoms.